The first-order chi connectivity index (χ1) is 14.8. The van der Waals surface area contributed by atoms with Gasteiger partial charge in [0.25, 0.3) is 0 Å². The number of nitrogens with zero attached hydrogens (tertiary/aromatic N) is 2. The maximum absolute atomic E-state index is 12.7. The van der Waals surface area contributed by atoms with E-state index in [-0.39, 0.29) is 29.7 Å². The number of rotatable bonds is 7. The van der Waals surface area contributed by atoms with E-state index in [2.05, 4.69) is 15.0 Å². The second-order valence-corrected chi connectivity index (χ2v) is 9.99. The summed E-state index contributed by atoms with van der Waals surface area (Å²) in [5.41, 5.74) is 1.44. The smallest absolute Gasteiger partial charge is 0.325 e. The van der Waals surface area contributed by atoms with Crippen LogP contribution in [0.25, 0.3) is 10.9 Å². The summed E-state index contributed by atoms with van der Waals surface area (Å²) in [7, 11) is -3.48. The molecule has 1 aliphatic rings. The molecule has 1 aliphatic heterocycles. The third-order valence-corrected chi connectivity index (χ3v) is 7.51. The van der Waals surface area contributed by atoms with E-state index in [1.54, 1.807) is 0 Å². The molecule has 2 aromatic heterocycles. The number of pyridine rings is 1. The molecule has 1 saturated heterocycles. The van der Waals surface area contributed by atoms with Crippen molar-refractivity contribution < 1.29 is 18.3 Å². The Morgan fingerprint density at radius 1 is 1.23 bits per heavy atom. The third kappa shape index (κ3) is 4.91. The Balaban J connectivity index is 1.32. The Labute approximate surface area is 180 Å². The van der Waals surface area contributed by atoms with E-state index >= 15 is 0 Å². The van der Waals surface area contributed by atoms with Crippen LogP contribution in [0.5, 0.6) is 11.6 Å². The summed E-state index contributed by atoms with van der Waals surface area (Å²) < 4.78 is 32.9. The number of para-hydroxylation sites is 1. The average Bonchev–Trinajstić information content (AvgIpc) is 3.07. The van der Waals surface area contributed by atoms with Crippen molar-refractivity contribution >= 4 is 20.9 Å². The van der Waals surface area contributed by atoms with E-state index in [1.165, 1.54) is 4.31 Å². The number of imidazole rings is 1. The fourth-order valence-electron chi connectivity index (χ4n) is 3.90. The molecule has 0 bridgehead atoms. The summed E-state index contributed by atoms with van der Waals surface area (Å²) in [5.74, 6) is 0.592. The highest BCUT2D eigenvalue weighted by atomic mass is 32.2. The van der Waals surface area contributed by atoms with Gasteiger partial charge in [-0.3, -0.25) is 9.97 Å². The Kier molecular flexibility index (Phi) is 6.01. The van der Waals surface area contributed by atoms with Crippen LogP contribution in [-0.2, 0) is 16.4 Å². The molecule has 0 spiro atoms. The normalized spacial score (nSPS) is 16.0. The highest BCUT2D eigenvalue weighted by Gasteiger charge is 2.28. The molecule has 1 fully saturated rings. The fraction of sp³-hybridized carbons (Fsp3) is 0.429. The Hall–Kier alpha value is -2.85. The average molecular weight is 447 g/mol. The number of aromatic hydroxyl groups is 1. The van der Waals surface area contributed by atoms with Crippen molar-refractivity contribution in [2.45, 2.75) is 26.2 Å². The Morgan fingerprint density at radius 2 is 1.97 bits per heavy atom. The number of nitrogens with one attached hydrogen (secondary N) is 2. The molecule has 3 aromatic rings. The standard InChI is InChI=1S/C21H26N4O5S/c1-14-12-19(16-4-2-3-5-17(16)22-14)30-13-15-6-9-25(10-7-15)31(28,29)11-8-18-20(26)24-21(27)23-18/h2-5,12,15,26H,6-11,13H2,1H3,(H2,23,24,27). The first kappa shape index (κ1) is 21.4. The number of aromatic nitrogens is 3. The third-order valence-electron chi connectivity index (χ3n) is 5.64. The molecule has 9 nitrogen and oxygen atoms in total. The van der Waals surface area contributed by atoms with Gasteiger partial charge in [0.1, 0.15) is 5.75 Å². The lowest BCUT2D eigenvalue weighted by atomic mass is 9.99. The molecule has 3 heterocycles. The number of aryl methyl sites for hydroxylation is 2. The van der Waals surface area contributed by atoms with Crippen molar-refractivity contribution in [1.29, 1.82) is 0 Å². The van der Waals surface area contributed by atoms with Gasteiger partial charge >= 0.3 is 5.69 Å². The van der Waals surface area contributed by atoms with Gasteiger partial charge in [0, 0.05) is 36.7 Å². The molecule has 1 aromatic carbocycles. The van der Waals surface area contributed by atoms with E-state index in [0.29, 0.717) is 32.5 Å². The highest BCUT2D eigenvalue weighted by Crippen LogP contribution is 2.27. The van der Waals surface area contributed by atoms with E-state index in [9.17, 15) is 18.3 Å². The number of benzene rings is 1. The maximum atomic E-state index is 12.7. The quantitative estimate of drug-likeness (QED) is 0.509. The minimum Gasteiger partial charge on any atom is -0.493 e. The van der Waals surface area contributed by atoms with E-state index in [1.807, 2.05) is 37.3 Å². The zero-order chi connectivity index (χ0) is 22.0. The molecular weight excluding hydrogens is 420 g/mol. The van der Waals surface area contributed by atoms with Crippen LogP contribution in [0.1, 0.15) is 24.2 Å². The Bertz CT molecular complexity index is 1230. The monoisotopic (exact) mass is 446 g/mol. The van der Waals surface area contributed by atoms with Crippen LogP contribution in [0.15, 0.2) is 35.1 Å². The molecule has 0 amide bonds. The van der Waals surface area contributed by atoms with Crippen LogP contribution in [-0.4, -0.2) is 58.2 Å². The number of hydrogen-bond donors (Lipinski definition) is 3. The molecule has 166 valence electrons. The van der Waals surface area contributed by atoms with Gasteiger partial charge in [-0.1, -0.05) is 12.1 Å². The summed E-state index contributed by atoms with van der Waals surface area (Å²) >= 11 is 0. The van der Waals surface area contributed by atoms with E-state index in [4.69, 9.17) is 4.74 Å². The SMILES string of the molecule is Cc1cc(OCC2CCN(S(=O)(=O)CCc3[nH]c(=O)[nH]c3O)CC2)c2ccccc2n1. The van der Waals surface area contributed by atoms with Crippen molar-refractivity contribution in [2.75, 3.05) is 25.4 Å². The first-order valence-corrected chi connectivity index (χ1v) is 11.9. The predicted molar refractivity (Wildman–Crippen MR) is 117 cm³/mol. The molecular formula is C21H26N4O5S. The second kappa shape index (κ2) is 8.72. The fourth-order valence-corrected chi connectivity index (χ4v) is 5.39. The summed E-state index contributed by atoms with van der Waals surface area (Å²) in [6, 6.07) is 9.79. The van der Waals surface area contributed by atoms with Gasteiger partial charge in [0.05, 0.1) is 23.6 Å². The number of sulfonamides is 1. The minimum atomic E-state index is -3.48. The van der Waals surface area contributed by atoms with E-state index in [0.717, 1.165) is 22.3 Å². The molecule has 31 heavy (non-hydrogen) atoms. The first-order valence-electron chi connectivity index (χ1n) is 10.3. The largest absolute Gasteiger partial charge is 0.493 e. The molecule has 4 rings (SSSR count). The number of aromatic amines is 2. The van der Waals surface area contributed by atoms with Gasteiger partial charge in [-0.2, -0.15) is 0 Å². The van der Waals surface area contributed by atoms with Crippen LogP contribution in [0.2, 0.25) is 0 Å². The zero-order valence-corrected chi connectivity index (χ0v) is 18.1. The number of H-pyrrole nitrogens is 2. The number of piperidine rings is 1. The topological polar surface area (TPSA) is 128 Å². The number of hydrogen-bond acceptors (Lipinski definition) is 6. The van der Waals surface area contributed by atoms with Crippen molar-refractivity contribution in [1.82, 2.24) is 19.3 Å². The lowest BCUT2D eigenvalue weighted by Gasteiger charge is -2.31. The van der Waals surface area contributed by atoms with Crippen molar-refractivity contribution in [3.8, 4) is 11.6 Å². The number of fused-ring (bicyclic) bond motifs is 1. The summed E-state index contributed by atoms with van der Waals surface area (Å²) in [4.78, 5) is 20.3. The van der Waals surface area contributed by atoms with Crippen molar-refractivity contribution in [3.05, 3.63) is 52.2 Å². The van der Waals surface area contributed by atoms with Crippen molar-refractivity contribution in [3.63, 3.8) is 0 Å². The number of ether oxygens (including phenoxy) is 1. The zero-order valence-electron chi connectivity index (χ0n) is 17.3. The molecule has 0 unspecified atom stereocenters. The summed E-state index contributed by atoms with van der Waals surface area (Å²) in [6.07, 6.45) is 1.48. The van der Waals surface area contributed by atoms with E-state index < -0.39 is 15.7 Å². The van der Waals surface area contributed by atoms with Gasteiger partial charge in [0.15, 0.2) is 0 Å². The van der Waals surface area contributed by atoms with Gasteiger partial charge in [0.2, 0.25) is 15.9 Å². The summed E-state index contributed by atoms with van der Waals surface area (Å²) in [5, 5.41) is 10.6. The van der Waals surface area contributed by atoms with Crippen LogP contribution in [0, 0.1) is 12.8 Å². The molecule has 0 atom stereocenters. The molecule has 10 heteroatoms. The molecule has 3 N–H and O–H groups in total. The lowest BCUT2D eigenvalue weighted by molar-refractivity contribution is 0.186. The van der Waals surface area contributed by atoms with Crippen LogP contribution < -0.4 is 10.4 Å². The van der Waals surface area contributed by atoms with Gasteiger partial charge < -0.3 is 14.8 Å². The predicted octanol–water partition coefficient (Wildman–Crippen LogP) is 1.93. The lowest BCUT2D eigenvalue weighted by Crippen LogP contribution is -2.41. The maximum Gasteiger partial charge on any atom is 0.325 e. The highest BCUT2D eigenvalue weighted by molar-refractivity contribution is 7.89. The second-order valence-electron chi connectivity index (χ2n) is 7.90. The molecule has 0 radical (unpaired) electrons. The summed E-state index contributed by atoms with van der Waals surface area (Å²) in [6.45, 7) is 3.33. The molecule has 0 aliphatic carbocycles. The van der Waals surface area contributed by atoms with Gasteiger partial charge in [-0.25, -0.2) is 17.5 Å². The van der Waals surface area contributed by atoms with Gasteiger partial charge in [-0.15, -0.1) is 0 Å². The van der Waals surface area contributed by atoms with Crippen LogP contribution >= 0.6 is 0 Å². The minimum absolute atomic E-state index is 0.0460. The molecule has 0 saturated carbocycles. The van der Waals surface area contributed by atoms with Gasteiger partial charge in [-0.05, 0) is 37.8 Å². The van der Waals surface area contributed by atoms with Crippen LogP contribution in [0.4, 0.5) is 0 Å². The van der Waals surface area contributed by atoms with Crippen molar-refractivity contribution in [2.24, 2.45) is 5.92 Å². The van der Waals surface area contributed by atoms with Crippen LogP contribution in [0.3, 0.4) is 0 Å². The Morgan fingerprint density at radius 3 is 2.68 bits per heavy atom.